The van der Waals surface area contributed by atoms with Gasteiger partial charge < -0.3 is 14.4 Å². The molecule has 0 saturated carbocycles. The van der Waals surface area contributed by atoms with Gasteiger partial charge in [-0.1, -0.05) is 12.2 Å². The second-order valence-corrected chi connectivity index (χ2v) is 4.81. The Hall–Kier alpha value is -0.870. The van der Waals surface area contributed by atoms with Crippen LogP contribution in [0.2, 0.25) is 0 Å². The van der Waals surface area contributed by atoms with Crippen LogP contribution in [0.5, 0.6) is 0 Å². The number of carbonyl (C=O) groups excluding carboxylic acids is 1. The third-order valence-electron chi connectivity index (χ3n) is 3.24. The van der Waals surface area contributed by atoms with E-state index >= 15 is 0 Å². The quantitative estimate of drug-likeness (QED) is 0.551. The molecule has 0 N–H and O–H groups in total. The van der Waals surface area contributed by atoms with Crippen LogP contribution in [0.25, 0.3) is 0 Å². The van der Waals surface area contributed by atoms with E-state index in [0.717, 1.165) is 0 Å². The minimum Gasteiger partial charge on any atom is -0.343 e. The Morgan fingerprint density at radius 2 is 2.27 bits per heavy atom. The maximum atomic E-state index is 11.6. The lowest BCUT2D eigenvalue weighted by Crippen LogP contribution is -2.42. The van der Waals surface area contributed by atoms with Crippen molar-refractivity contribution < 1.29 is 14.3 Å². The van der Waals surface area contributed by atoms with Gasteiger partial charge in [0.05, 0.1) is 12.6 Å². The van der Waals surface area contributed by atoms with Crippen molar-refractivity contribution in [3.63, 3.8) is 0 Å². The molecule has 2 saturated heterocycles. The number of hydrogen-bond donors (Lipinski definition) is 0. The number of fused-ring (bicyclic) bond motifs is 3. The van der Waals surface area contributed by atoms with E-state index in [1.165, 1.54) is 0 Å². The molecule has 4 heteroatoms. The van der Waals surface area contributed by atoms with Crippen LogP contribution in [0.3, 0.4) is 0 Å². The van der Waals surface area contributed by atoms with E-state index in [1.54, 1.807) is 0 Å². The van der Waals surface area contributed by atoms with Gasteiger partial charge in [-0.2, -0.15) is 0 Å². The first kappa shape index (κ1) is 9.36. The van der Waals surface area contributed by atoms with Gasteiger partial charge in [-0.25, -0.2) is 0 Å². The molecule has 4 nitrogen and oxygen atoms in total. The summed E-state index contributed by atoms with van der Waals surface area (Å²) in [4.78, 5) is 13.5. The molecule has 0 radical (unpaired) electrons. The number of hydrogen-bond acceptors (Lipinski definition) is 3. The van der Waals surface area contributed by atoms with E-state index in [1.807, 2.05) is 24.8 Å². The molecule has 3 aliphatic heterocycles. The molecule has 15 heavy (non-hydrogen) atoms. The van der Waals surface area contributed by atoms with Crippen molar-refractivity contribution in [3.8, 4) is 0 Å². The van der Waals surface area contributed by atoms with Crippen molar-refractivity contribution in [2.45, 2.75) is 44.3 Å². The summed E-state index contributed by atoms with van der Waals surface area (Å²) < 4.78 is 11.6. The summed E-state index contributed by atoms with van der Waals surface area (Å²) in [6.07, 6.45) is 4.56. The van der Waals surface area contributed by atoms with E-state index in [-0.39, 0.29) is 24.2 Å². The van der Waals surface area contributed by atoms with Gasteiger partial charge in [-0.3, -0.25) is 4.79 Å². The predicted molar refractivity (Wildman–Crippen MR) is 53.1 cm³/mol. The molecule has 1 amide bonds. The minimum atomic E-state index is -0.504. The lowest BCUT2D eigenvalue weighted by molar-refractivity contribution is -0.164. The van der Waals surface area contributed by atoms with Crippen molar-refractivity contribution in [2.24, 2.45) is 0 Å². The molecule has 0 aliphatic carbocycles. The second-order valence-electron chi connectivity index (χ2n) is 4.81. The van der Waals surface area contributed by atoms with Crippen molar-refractivity contribution in [2.75, 3.05) is 6.54 Å². The second kappa shape index (κ2) is 2.83. The van der Waals surface area contributed by atoms with Crippen LogP contribution in [0.4, 0.5) is 0 Å². The molecule has 0 aromatic heterocycles. The molecular formula is C11H15NO3. The molecule has 0 unspecified atom stereocenters. The van der Waals surface area contributed by atoms with Gasteiger partial charge in [-0.15, -0.1) is 0 Å². The maximum Gasteiger partial charge on any atom is 0.227 e. The third kappa shape index (κ3) is 1.32. The Balaban J connectivity index is 1.87. The first-order valence-electron chi connectivity index (χ1n) is 5.39. The zero-order valence-corrected chi connectivity index (χ0v) is 8.97. The van der Waals surface area contributed by atoms with Crippen molar-refractivity contribution in [3.05, 3.63) is 12.2 Å². The van der Waals surface area contributed by atoms with E-state index in [4.69, 9.17) is 9.47 Å². The molecule has 0 aromatic rings. The lowest BCUT2D eigenvalue weighted by atomic mass is 10.1. The molecule has 3 aliphatic rings. The molecule has 3 atom stereocenters. The summed E-state index contributed by atoms with van der Waals surface area (Å²) in [5.74, 6) is -0.322. The summed E-state index contributed by atoms with van der Waals surface area (Å²) >= 11 is 0. The Morgan fingerprint density at radius 1 is 1.47 bits per heavy atom. The molecule has 3 rings (SSSR count). The fourth-order valence-electron chi connectivity index (χ4n) is 2.69. The van der Waals surface area contributed by atoms with E-state index in [9.17, 15) is 4.79 Å². The Kier molecular flexibility index (Phi) is 1.77. The number of nitrogens with zero attached hydrogens (tertiary/aromatic N) is 1. The Bertz CT molecular complexity index is 337. The van der Waals surface area contributed by atoms with Crippen molar-refractivity contribution >= 4 is 5.91 Å². The standard InChI is InChI=1S/C11H15NO3/c1-11(2)14-8-6-12-7(10(8)15-11)4-3-5-9(12)13/h3-4,7-8,10H,5-6H2,1-2H3/t7-,8-,10+/m0/s1. The highest BCUT2D eigenvalue weighted by Gasteiger charge is 2.53. The summed E-state index contributed by atoms with van der Waals surface area (Å²) in [6, 6.07) is 0.0815. The Morgan fingerprint density at radius 3 is 3.07 bits per heavy atom. The highest BCUT2D eigenvalue weighted by Crippen LogP contribution is 2.38. The third-order valence-corrected chi connectivity index (χ3v) is 3.24. The van der Waals surface area contributed by atoms with Gasteiger partial charge in [-0.05, 0) is 13.8 Å². The highest BCUT2D eigenvalue weighted by molar-refractivity contribution is 5.80. The van der Waals surface area contributed by atoms with Crippen LogP contribution in [-0.4, -0.2) is 41.4 Å². The molecule has 82 valence electrons. The SMILES string of the molecule is CC1(C)O[C@H]2[C@H](CN3C(=O)CC=C[C@@H]23)O1. The van der Waals surface area contributed by atoms with Crippen molar-refractivity contribution in [1.82, 2.24) is 4.90 Å². The van der Waals surface area contributed by atoms with Crippen LogP contribution in [0.15, 0.2) is 12.2 Å². The van der Waals surface area contributed by atoms with Crippen LogP contribution < -0.4 is 0 Å². The van der Waals surface area contributed by atoms with E-state index in [0.29, 0.717) is 13.0 Å². The normalized spacial score (nSPS) is 41.9. The van der Waals surface area contributed by atoms with Gasteiger partial charge >= 0.3 is 0 Å². The lowest BCUT2D eigenvalue weighted by Gasteiger charge is -2.29. The minimum absolute atomic E-state index is 0.0144. The summed E-state index contributed by atoms with van der Waals surface area (Å²) in [7, 11) is 0. The van der Waals surface area contributed by atoms with Gasteiger partial charge in [0.25, 0.3) is 0 Å². The molecular weight excluding hydrogens is 194 g/mol. The highest BCUT2D eigenvalue weighted by atomic mass is 16.8. The topological polar surface area (TPSA) is 38.8 Å². The molecule has 0 aromatic carbocycles. The van der Waals surface area contributed by atoms with Crippen LogP contribution >= 0.6 is 0 Å². The predicted octanol–water partition coefficient (Wildman–Crippen LogP) is 0.677. The number of amides is 1. The average Bonchev–Trinajstić information content (AvgIpc) is 2.59. The number of ether oxygens (including phenoxy) is 2. The maximum absolute atomic E-state index is 11.6. The average molecular weight is 209 g/mol. The van der Waals surface area contributed by atoms with Gasteiger partial charge in [0.2, 0.25) is 5.91 Å². The Labute approximate surface area is 88.8 Å². The van der Waals surface area contributed by atoms with Crippen LogP contribution in [-0.2, 0) is 14.3 Å². The zero-order valence-electron chi connectivity index (χ0n) is 8.97. The fraction of sp³-hybridized carbons (Fsp3) is 0.727. The summed E-state index contributed by atoms with van der Waals surface area (Å²) in [6.45, 7) is 4.51. The van der Waals surface area contributed by atoms with Gasteiger partial charge in [0.15, 0.2) is 5.79 Å². The smallest absolute Gasteiger partial charge is 0.227 e. The van der Waals surface area contributed by atoms with E-state index < -0.39 is 5.79 Å². The monoisotopic (exact) mass is 209 g/mol. The van der Waals surface area contributed by atoms with Crippen LogP contribution in [0, 0.1) is 0 Å². The first-order chi connectivity index (χ1) is 7.07. The first-order valence-corrected chi connectivity index (χ1v) is 5.39. The summed E-state index contributed by atoms with van der Waals surface area (Å²) in [5.41, 5.74) is 0. The molecule has 2 fully saturated rings. The zero-order chi connectivity index (χ0) is 10.6. The fourth-order valence-corrected chi connectivity index (χ4v) is 2.69. The largest absolute Gasteiger partial charge is 0.343 e. The van der Waals surface area contributed by atoms with Gasteiger partial charge in [0, 0.05) is 6.42 Å². The number of rotatable bonds is 0. The molecule has 0 bridgehead atoms. The van der Waals surface area contributed by atoms with Crippen LogP contribution in [0.1, 0.15) is 20.3 Å². The summed E-state index contributed by atoms with van der Waals surface area (Å²) in [5, 5.41) is 0. The molecule has 3 heterocycles. The van der Waals surface area contributed by atoms with E-state index in [2.05, 4.69) is 6.08 Å². The number of carbonyl (C=O) groups is 1. The molecule has 0 spiro atoms. The van der Waals surface area contributed by atoms with Crippen molar-refractivity contribution in [1.29, 1.82) is 0 Å². The van der Waals surface area contributed by atoms with Gasteiger partial charge in [0.1, 0.15) is 12.2 Å².